The molecule has 0 unspecified atom stereocenters. The number of amides is 1. The molecular formula is C21H31ClIN5O. The molecule has 0 aliphatic rings. The highest BCUT2D eigenvalue weighted by molar-refractivity contribution is 14.0. The Hall–Kier alpha value is -1.74. The maximum absolute atomic E-state index is 12.4. The van der Waals surface area contributed by atoms with Crippen LogP contribution in [-0.4, -0.2) is 53.4 Å². The fraction of sp³-hybridized carbons (Fsp3) is 0.429. The zero-order valence-corrected chi connectivity index (χ0v) is 20.9. The first-order chi connectivity index (χ1) is 13.4. The summed E-state index contributed by atoms with van der Waals surface area (Å²) in [5.41, 5.74) is 2.91. The quantitative estimate of drug-likeness (QED) is 0.334. The molecule has 0 saturated heterocycles. The number of aromatic nitrogens is 1. The fourth-order valence-electron chi connectivity index (χ4n) is 3.07. The molecule has 8 heteroatoms. The zero-order chi connectivity index (χ0) is 20.7. The van der Waals surface area contributed by atoms with Crippen molar-refractivity contribution in [3.8, 4) is 0 Å². The molecule has 1 N–H and O–H groups in total. The van der Waals surface area contributed by atoms with E-state index in [0.717, 1.165) is 27.8 Å². The highest BCUT2D eigenvalue weighted by atomic mass is 127. The van der Waals surface area contributed by atoms with Gasteiger partial charge in [-0.3, -0.25) is 9.79 Å². The maximum atomic E-state index is 12.4. The Morgan fingerprint density at radius 2 is 1.83 bits per heavy atom. The predicted molar refractivity (Wildman–Crippen MR) is 131 cm³/mol. The third-order valence-corrected chi connectivity index (χ3v) is 4.96. The normalized spacial score (nSPS) is 11.0. The molecule has 1 amide bonds. The van der Waals surface area contributed by atoms with Crippen LogP contribution in [0.2, 0.25) is 5.02 Å². The number of benzene rings is 1. The number of hydrogen-bond donors (Lipinski definition) is 1. The minimum Gasteiger partial charge on any atom is -0.352 e. The van der Waals surface area contributed by atoms with Crippen molar-refractivity contribution in [1.82, 2.24) is 19.7 Å². The molecule has 0 bridgehead atoms. The molecule has 6 nitrogen and oxygen atoms in total. The predicted octanol–water partition coefficient (Wildman–Crippen LogP) is 3.99. The third kappa shape index (κ3) is 6.92. The number of nitrogens with zero attached hydrogens (tertiary/aromatic N) is 4. The van der Waals surface area contributed by atoms with Crippen LogP contribution in [0.1, 0.15) is 35.5 Å². The number of hydrogen-bond acceptors (Lipinski definition) is 2. The number of halogens is 2. The van der Waals surface area contributed by atoms with Gasteiger partial charge < -0.3 is 19.7 Å². The van der Waals surface area contributed by atoms with Crippen LogP contribution in [0.25, 0.3) is 0 Å². The number of guanidine groups is 1. The van der Waals surface area contributed by atoms with Crippen LogP contribution in [0.5, 0.6) is 0 Å². The largest absolute Gasteiger partial charge is 0.352 e. The fourth-order valence-corrected chi connectivity index (χ4v) is 3.34. The van der Waals surface area contributed by atoms with Crippen molar-refractivity contribution in [1.29, 1.82) is 0 Å². The SMILES string of the molecule is CCN(CC)C(=O)c1ccc(CNC(=NC)N(C)Cc2cc(Cl)cn2C)cc1.I. The number of aryl methyl sites for hydroxylation is 1. The van der Waals surface area contributed by atoms with Gasteiger partial charge in [0.15, 0.2) is 5.96 Å². The molecule has 0 saturated carbocycles. The second-order valence-electron chi connectivity index (χ2n) is 6.69. The van der Waals surface area contributed by atoms with Crippen molar-refractivity contribution in [2.75, 3.05) is 27.2 Å². The van der Waals surface area contributed by atoms with E-state index < -0.39 is 0 Å². The monoisotopic (exact) mass is 531 g/mol. The van der Waals surface area contributed by atoms with Crippen LogP contribution in [0, 0.1) is 0 Å². The number of nitrogens with one attached hydrogen (secondary N) is 1. The summed E-state index contributed by atoms with van der Waals surface area (Å²) >= 11 is 6.06. The van der Waals surface area contributed by atoms with Crippen LogP contribution < -0.4 is 5.32 Å². The summed E-state index contributed by atoms with van der Waals surface area (Å²) in [4.78, 5) is 20.6. The van der Waals surface area contributed by atoms with Gasteiger partial charge in [-0.25, -0.2) is 0 Å². The van der Waals surface area contributed by atoms with Gasteiger partial charge in [0, 0.05) is 58.2 Å². The zero-order valence-electron chi connectivity index (χ0n) is 17.8. The summed E-state index contributed by atoms with van der Waals surface area (Å²) in [5, 5.41) is 4.09. The van der Waals surface area contributed by atoms with Crippen LogP contribution >= 0.6 is 35.6 Å². The Balaban J connectivity index is 0.00000420. The van der Waals surface area contributed by atoms with Crippen LogP contribution in [0.15, 0.2) is 41.5 Å². The summed E-state index contributed by atoms with van der Waals surface area (Å²) in [5.74, 6) is 0.863. The van der Waals surface area contributed by atoms with Gasteiger partial charge in [-0.2, -0.15) is 0 Å². The topological polar surface area (TPSA) is 52.9 Å². The second-order valence-corrected chi connectivity index (χ2v) is 7.13. The lowest BCUT2D eigenvalue weighted by Crippen LogP contribution is -2.38. The molecule has 0 aliphatic carbocycles. The summed E-state index contributed by atoms with van der Waals surface area (Å²) in [7, 11) is 5.73. The Labute approximate surface area is 195 Å². The highest BCUT2D eigenvalue weighted by Crippen LogP contribution is 2.14. The molecule has 0 fully saturated rings. The Bertz CT molecular complexity index is 815. The minimum absolute atomic E-state index is 0. The van der Waals surface area contributed by atoms with Crippen molar-refractivity contribution in [3.05, 3.63) is 58.4 Å². The second kappa shape index (κ2) is 12.1. The lowest BCUT2D eigenvalue weighted by Gasteiger charge is -2.22. The molecule has 0 aliphatic heterocycles. The van der Waals surface area contributed by atoms with Gasteiger partial charge in [-0.1, -0.05) is 23.7 Å². The van der Waals surface area contributed by atoms with E-state index in [-0.39, 0.29) is 29.9 Å². The lowest BCUT2D eigenvalue weighted by molar-refractivity contribution is 0.0773. The average molecular weight is 532 g/mol. The summed E-state index contributed by atoms with van der Waals surface area (Å²) in [6.07, 6.45) is 1.89. The van der Waals surface area contributed by atoms with Crippen molar-refractivity contribution in [2.45, 2.75) is 26.9 Å². The summed E-state index contributed by atoms with van der Waals surface area (Å²) in [6.45, 7) is 6.74. The van der Waals surface area contributed by atoms with Gasteiger partial charge in [-0.05, 0) is 37.6 Å². The van der Waals surface area contributed by atoms with E-state index in [1.165, 1.54) is 0 Å². The molecule has 1 aromatic carbocycles. The number of aliphatic imine (C=N–C) groups is 1. The van der Waals surface area contributed by atoms with Crippen molar-refractivity contribution < 1.29 is 4.79 Å². The maximum Gasteiger partial charge on any atom is 0.253 e. The van der Waals surface area contributed by atoms with Gasteiger partial charge in [-0.15, -0.1) is 24.0 Å². The van der Waals surface area contributed by atoms with Crippen LogP contribution in [0.3, 0.4) is 0 Å². The highest BCUT2D eigenvalue weighted by Gasteiger charge is 2.13. The average Bonchev–Trinajstić information content (AvgIpc) is 3.00. The van der Waals surface area contributed by atoms with Crippen molar-refractivity contribution in [3.63, 3.8) is 0 Å². The molecule has 0 spiro atoms. The summed E-state index contributed by atoms with van der Waals surface area (Å²) in [6, 6.07) is 9.69. The van der Waals surface area contributed by atoms with E-state index >= 15 is 0 Å². The van der Waals surface area contributed by atoms with Gasteiger partial charge >= 0.3 is 0 Å². The Kier molecular flexibility index (Phi) is 10.5. The third-order valence-electron chi connectivity index (χ3n) is 4.75. The summed E-state index contributed by atoms with van der Waals surface area (Å²) < 4.78 is 2.01. The van der Waals surface area contributed by atoms with E-state index in [4.69, 9.17) is 11.6 Å². The Morgan fingerprint density at radius 1 is 1.21 bits per heavy atom. The van der Waals surface area contributed by atoms with Gasteiger partial charge in [0.05, 0.1) is 11.6 Å². The van der Waals surface area contributed by atoms with Gasteiger partial charge in [0.25, 0.3) is 5.91 Å². The first-order valence-electron chi connectivity index (χ1n) is 9.50. The number of rotatable bonds is 7. The number of carbonyl (C=O) groups excluding carboxylic acids is 1. The molecule has 29 heavy (non-hydrogen) atoms. The first kappa shape index (κ1) is 25.3. The van der Waals surface area contributed by atoms with Crippen LogP contribution in [-0.2, 0) is 20.1 Å². The van der Waals surface area contributed by atoms with Gasteiger partial charge in [0.1, 0.15) is 0 Å². The van der Waals surface area contributed by atoms with Gasteiger partial charge in [0.2, 0.25) is 0 Å². The molecule has 2 rings (SSSR count). The smallest absolute Gasteiger partial charge is 0.253 e. The molecular weight excluding hydrogens is 501 g/mol. The molecule has 160 valence electrons. The van der Waals surface area contributed by atoms with Crippen molar-refractivity contribution in [2.24, 2.45) is 12.0 Å². The molecule has 1 heterocycles. The first-order valence-corrected chi connectivity index (χ1v) is 9.88. The Morgan fingerprint density at radius 3 is 2.31 bits per heavy atom. The molecule has 0 atom stereocenters. The number of carbonyl (C=O) groups is 1. The molecule has 1 aromatic heterocycles. The van der Waals surface area contributed by atoms with Crippen LogP contribution in [0.4, 0.5) is 0 Å². The lowest BCUT2D eigenvalue weighted by atomic mass is 10.1. The van der Waals surface area contributed by atoms with Crippen molar-refractivity contribution >= 4 is 47.4 Å². The van der Waals surface area contributed by atoms with E-state index in [1.54, 1.807) is 7.05 Å². The minimum atomic E-state index is 0. The van der Waals surface area contributed by atoms with E-state index in [0.29, 0.717) is 26.2 Å². The standard InChI is InChI=1S/C21H30ClN5O.HI/c1-6-27(7-2)20(28)17-10-8-16(9-11-17)13-24-21(23-3)26(5)15-19-12-18(22)14-25(19)4;/h8-12,14H,6-7,13,15H2,1-5H3,(H,23,24);1H. The molecule has 0 radical (unpaired) electrons. The van der Waals surface area contributed by atoms with E-state index in [2.05, 4.69) is 10.3 Å². The van der Waals surface area contributed by atoms with E-state index in [1.807, 2.05) is 78.8 Å². The van der Waals surface area contributed by atoms with E-state index in [9.17, 15) is 4.79 Å². The molecule has 2 aromatic rings.